The molecule has 12 heteroatoms. The minimum Gasteiger partial charge on any atom is -0.445 e. The van der Waals surface area contributed by atoms with Crippen LogP contribution in [-0.4, -0.2) is 62.4 Å². The number of imidazole rings is 1. The normalized spacial score (nSPS) is 12.5. The summed E-state index contributed by atoms with van der Waals surface area (Å²) in [6.07, 6.45) is 6.74. The lowest BCUT2D eigenvalue weighted by Crippen LogP contribution is -2.42. The Hall–Kier alpha value is -3.64. The van der Waals surface area contributed by atoms with Crippen molar-refractivity contribution in [3.63, 3.8) is 0 Å². The average molecular weight is 526 g/mol. The predicted octanol–water partition coefficient (Wildman–Crippen LogP) is 3.63. The lowest BCUT2D eigenvalue weighted by atomic mass is 10.1. The van der Waals surface area contributed by atoms with Crippen molar-refractivity contribution in [2.45, 2.75) is 65.0 Å². The van der Waals surface area contributed by atoms with Crippen LogP contribution in [0, 0.1) is 0 Å². The van der Waals surface area contributed by atoms with Gasteiger partial charge in [0.2, 0.25) is 0 Å². The zero-order valence-electron chi connectivity index (χ0n) is 21.8. The lowest BCUT2D eigenvalue weighted by molar-refractivity contribution is -0.122. The monoisotopic (exact) mass is 525 g/mol. The SMILES string of the molecule is CCC(NC(=O)OCc1ccccc1)C(=O)Cn1nnc(/C=C/c2nccn2COCC[Si](C)(C)C)n1. The van der Waals surface area contributed by atoms with Crippen molar-refractivity contribution in [2.24, 2.45) is 0 Å². The summed E-state index contributed by atoms with van der Waals surface area (Å²) in [4.78, 5) is 30.4. The van der Waals surface area contributed by atoms with E-state index >= 15 is 0 Å². The van der Waals surface area contributed by atoms with Crippen LogP contribution in [0.4, 0.5) is 4.79 Å². The van der Waals surface area contributed by atoms with E-state index in [0.29, 0.717) is 24.8 Å². The van der Waals surface area contributed by atoms with Gasteiger partial charge in [0, 0.05) is 27.1 Å². The zero-order valence-corrected chi connectivity index (χ0v) is 22.8. The number of tetrazole rings is 1. The molecule has 3 rings (SSSR count). The molecule has 0 aliphatic rings. The molecule has 1 atom stereocenters. The van der Waals surface area contributed by atoms with Crippen LogP contribution in [0.15, 0.2) is 42.7 Å². The molecule has 0 fully saturated rings. The van der Waals surface area contributed by atoms with E-state index in [0.717, 1.165) is 18.2 Å². The van der Waals surface area contributed by atoms with E-state index in [2.05, 4.69) is 45.4 Å². The van der Waals surface area contributed by atoms with E-state index in [1.807, 2.05) is 41.1 Å². The van der Waals surface area contributed by atoms with E-state index in [9.17, 15) is 9.59 Å². The molecule has 0 bridgehead atoms. The van der Waals surface area contributed by atoms with Gasteiger partial charge in [-0.3, -0.25) is 4.79 Å². The van der Waals surface area contributed by atoms with Crippen LogP contribution in [0.25, 0.3) is 12.2 Å². The Labute approximate surface area is 217 Å². The number of benzene rings is 1. The lowest BCUT2D eigenvalue weighted by Gasteiger charge is -2.15. The number of hydrogen-bond acceptors (Lipinski definition) is 8. The second-order valence-electron chi connectivity index (χ2n) is 9.75. The molecule has 1 unspecified atom stereocenters. The Morgan fingerprint density at radius 2 is 1.95 bits per heavy atom. The highest BCUT2D eigenvalue weighted by Gasteiger charge is 2.21. The van der Waals surface area contributed by atoms with E-state index < -0.39 is 20.2 Å². The first kappa shape index (κ1) is 27.9. The van der Waals surface area contributed by atoms with E-state index in [-0.39, 0.29) is 18.9 Å². The first-order chi connectivity index (χ1) is 17.7. The van der Waals surface area contributed by atoms with Gasteiger partial charge in [-0.2, -0.15) is 4.80 Å². The number of alkyl carbamates (subject to hydrolysis) is 1. The maximum absolute atomic E-state index is 12.7. The maximum atomic E-state index is 12.7. The molecule has 2 aromatic heterocycles. The van der Waals surface area contributed by atoms with Crippen molar-refractivity contribution in [3.8, 4) is 0 Å². The summed E-state index contributed by atoms with van der Waals surface area (Å²) in [6, 6.07) is 9.70. The molecule has 1 amide bonds. The highest BCUT2D eigenvalue weighted by Crippen LogP contribution is 2.09. The quantitative estimate of drug-likeness (QED) is 0.250. The van der Waals surface area contributed by atoms with Crippen molar-refractivity contribution in [2.75, 3.05) is 6.61 Å². The number of Topliss-reactive ketones (excluding diaryl/α,β-unsaturated/α-hetero) is 1. The Kier molecular flexibility index (Phi) is 10.3. The number of rotatable bonds is 14. The average Bonchev–Trinajstić information content (AvgIpc) is 3.51. The topological polar surface area (TPSA) is 126 Å². The number of carbonyl (C=O) groups is 2. The molecule has 0 radical (unpaired) electrons. The molecule has 0 aliphatic carbocycles. The van der Waals surface area contributed by atoms with Crippen LogP contribution in [0.1, 0.15) is 30.6 Å². The molecule has 2 heterocycles. The number of nitrogens with zero attached hydrogens (tertiary/aromatic N) is 6. The van der Waals surface area contributed by atoms with Gasteiger partial charge in [-0.1, -0.05) is 56.9 Å². The standard InChI is InChI=1S/C25H35N7O4Si/c1-5-21(27-25(34)36-18-20-9-7-6-8-10-20)22(33)17-32-29-23(28-30-32)11-12-24-26-13-14-31(24)19-35-15-16-37(2,3)4/h6-14,21H,5,15-19H2,1-4H3,(H,27,34)/b12-11+. The highest BCUT2D eigenvalue weighted by atomic mass is 28.3. The van der Waals surface area contributed by atoms with Crippen LogP contribution in [-0.2, 0) is 34.2 Å². The second-order valence-corrected chi connectivity index (χ2v) is 15.4. The van der Waals surface area contributed by atoms with Gasteiger partial charge < -0.3 is 19.4 Å². The fourth-order valence-corrected chi connectivity index (χ4v) is 3.99. The van der Waals surface area contributed by atoms with Crippen LogP contribution < -0.4 is 5.32 Å². The number of nitrogens with one attached hydrogen (secondary N) is 1. The van der Waals surface area contributed by atoms with Gasteiger partial charge in [0.25, 0.3) is 0 Å². The molecule has 37 heavy (non-hydrogen) atoms. The Balaban J connectivity index is 1.48. The molecule has 0 saturated carbocycles. The molecule has 3 aromatic rings. The van der Waals surface area contributed by atoms with Crippen LogP contribution in [0.2, 0.25) is 25.7 Å². The molecule has 198 valence electrons. The third kappa shape index (κ3) is 9.73. The van der Waals surface area contributed by atoms with Gasteiger partial charge in [0.15, 0.2) is 11.6 Å². The second kappa shape index (κ2) is 13.6. The van der Waals surface area contributed by atoms with E-state index in [1.54, 1.807) is 25.3 Å². The first-order valence-electron chi connectivity index (χ1n) is 12.3. The summed E-state index contributed by atoms with van der Waals surface area (Å²) in [5.74, 6) is 0.785. The van der Waals surface area contributed by atoms with E-state index in [4.69, 9.17) is 9.47 Å². The Morgan fingerprint density at radius 1 is 1.16 bits per heavy atom. The maximum Gasteiger partial charge on any atom is 0.408 e. The molecule has 1 aromatic carbocycles. The molecule has 11 nitrogen and oxygen atoms in total. The number of carbonyl (C=O) groups excluding carboxylic acids is 2. The fraction of sp³-hybridized carbons (Fsp3) is 0.440. The summed E-state index contributed by atoms with van der Waals surface area (Å²) in [5, 5.41) is 14.8. The fourth-order valence-electron chi connectivity index (χ4n) is 3.24. The number of amides is 1. The summed E-state index contributed by atoms with van der Waals surface area (Å²) in [6.45, 7) is 9.89. The zero-order chi connectivity index (χ0) is 26.7. The Morgan fingerprint density at radius 3 is 2.68 bits per heavy atom. The molecule has 0 aliphatic heterocycles. The minimum atomic E-state index is -1.14. The largest absolute Gasteiger partial charge is 0.445 e. The molecule has 0 saturated heterocycles. The predicted molar refractivity (Wildman–Crippen MR) is 142 cm³/mol. The minimum absolute atomic E-state index is 0.125. The summed E-state index contributed by atoms with van der Waals surface area (Å²) in [7, 11) is -1.14. The number of hydrogen-bond donors (Lipinski definition) is 1. The molecular formula is C25H35N7O4Si. The van der Waals surface area contributed by atoms with E-state index in [1.165, 1.54) is 4.80 Å². The first-order valence-corrected chi connectivity index (χ1v) is 16.0. The summed E-state index contributed by atoms with van der Waals surface area (Å²) >= 11 is 0. The van der Waals surface area contributed by atoms with Crippen molar-refractivity contribution in [1.82, 2.24) is 35.1 Å². The van der Waals surface area contributed by atoms with Crippen molar-refractivity contribution in [3.05, 3.63) is 59.9 Å². The highest BCUT2D eigenvalue weighted by molar-refractivity contribution is 6.76. The van der Waals surface area contributed by atoms with Crippen LogP contribution >= 0.6 is 0 Å². The Bertz CT molecular complexity index is 1170. The van der Waals surface area contributed by atoms with Gasteiger partial charge in [-0.05, 0) is 35.4 Å². The number of ether oxygens (including phenoxy) is 2. The smallest absolute Gasteiger partial charge is 0.408 e. The number of ketones is 1. The van der Waals surface area contributed by atoms with Crippen LogP contribution in [0.3, 0.4) is 0 Å². The molecule has 0 spiro atoms. The van der Waals surface area contributed by atoms with Crippen molar-refractivity contribution < 1.29 is 19.1 Å². The van der Waals surface area contributed by atoms with Crippen molar-refractivity contribution in [1.29, 1.82) is 0 Å². The van der Waals surface area contributed by atoms with Crippen molar-refractivity contribution >= 4 is 32.1 Å². The van der Waals surface area contributed by atoms with Gasteiger partial charge in [0.05, 0.1) is 6.04 Å². The molecular weight excluding hydrogens is 490 g/mol. The van der Waals surface area contributed by atoms with Gasteiger partial charge >= 0.3 is 6.09 Å². The number of aromatic nitrogens is 6. The van der Waals surface area contributed by atoms with Gasteiger partial charge in [-0.25, -0.2) is 9.78 Å². The summed E-state index contributed by atoms with van der Waals surface area (Å²) in [5.41, 5.74) is 0.862. The third-order valence-corrected chi connectivity index (χ3v) is 7.13. The summed E-state index contributed by atoms with van der Waals surface area (Å²) < 4.78 is 12.9. The van der Waals surface area contributed by atoms with Crippen LogP contribution in [0.5, 0.6) is 0 Å². The van der Waals surface area contributed by atoms with Gasteiger partial charge in [-0.15, -0.1) is 10.2 Å². The molecule has 1 N–H and O–H groups in total. The third-order valence-electron chi connectivity index (χ3n) is 5.42. The van der Waals surface area contributed by atoms with Gasteiger partial charge in [0.1, 0.15) is 25.7 Å².